The van der Waals surface area contributed by atoms with Gasteiger partial charge in [-0.15, -0.1) is 0 Å². The van der Waals surface area contributed by atoms with E-state index >= 15 is 0 Å². The van der Waals surface area contributed by atoms with Gasteiger partial charge in [0.2, 0.25) is 5.91 Å². The standard InChI is InChI=1S/C15H24N2O2/c1-12(2)6-7-15(18)17-9-13-5-4-8-16(13)10-14(11-17)19-3/h4-5,8,12,14H,6-7,9-11H2,1-3H3. The second-order valence-electron chi connectivity index (χ2n) is 5.72. The predicted octanol–water partition coefficient (Wildman–Crippen LogP) is 2.28. The Bertz CT molecular complexity index is 426. The Balaban J connectivity index is 2.06. The van der Waals surface area contributed by atoms with E-state index < -0.39 is 0 Å². The van der Waals surface area contributed by atoms with E-state index in [1.807, 2.05) is 11.0 Å². The van der Waals surface area contributed by atoms with E-state index in [9.17, 15) is 4.79 Å². The monoisotopic (exact) mass is 264 g/mol. The fourth-order valence-electron chi connectivity index (χ4n) is 2.46. The minimum Gasteiger partial charge on any atom is -0.378 e. The molecule has 1 aliphatic rings. The van der Waals surface area contributed by atoms with Crippen molar-refractivity contribution in [2.75, 3.05) is 13.7 Å². The first-order chi connectivity index (χ1) is 9.10. The highest BCUT2D eigenvalue weighted by atomic mass is 16.5. The first-order valence-corrected chi connectivity index (χ1v) is 7.04. The summed E-state index contributed by atoms with van der Waals surface area (Å²) in [4.78, 5) is 14.2. The number of hydrogen-bond acceptors (Lipinski definition) is 2. The second kappa shape index (κ2) is 6.24. The van der Waals surface area contributed by atoms with E-state index in [4.69, 9.17) is 4.74 Å². The van der Waals surface area contributed by atoms with E-state index in [2.05, 4.69) is 30.7 Å². The van der Waals surface area contributed by atoms with E-state index in [1.165, 1.54) is 5.69 Å². The fraction of sp³-hybridized carbons (Fsp3) is 0.667. The van der Waals surface area contributed by atoms with E-state index in [0.29, 0.717) is 25.4 Å². The minimum absolute atomic E-state index is 0.0802. The molecule has 0 spiro atoms. The molecule has 1 aromatic heterocycles. The lowest BCUT2D eigenvalue weighted by Crippen LogP contribution is -2.36. The molecule has 1 aliphatic heterocycles. The predicted molar refractivity (Wildman–Crippen MR) is 74.7 cm³/mol. The molecule has 1 unspecified atom stereocenters. The Morgan fingerprint density at radius 1 is 1.47 bits per heavy atom. The molecule has 0 bridgehead atoms. The van der Waals surface area contributed by atoms with Crippen LogP contribution in [0.5, 0.6) is 0 Å². The maximum absolute atomic E-state index is 12.3. The molecule has 106 valence electrons. The van der Waals surface area contributed by atoms with Crippen LogP contribution in [0.15, 0.2) is 18.3 Å². The van der Waals surface area contributed by atoms with Gasteiger partial charge < -0.3 is 14.2 Å². The Morgan fingerprint density at radius 2 is 2.26 bits per heavy atom. The number of carbonyl (C=O) groups excluding carboxylic acids is 1. The average molecular weight is 264 g/mol. The number of aromatic nitrogens is 1. The zero-order chi connectivity index (χ0) is 13.8. The molecule has 4 nitrogen and oxygen atoms in total. The van der Waals surface area contributed by atoms with Crippen molar-refractivity contribution in [2.24, 2.45) is 5.92 Å². The summed E-state index contributed by atoms with van der Waals surface area (Å²) in [5, 5.41) is 0. The third kappa shape index (κ3) is 3.60. The van der Waals surface area contributed by atoms with Crippen molar-refractivity contribution < 1.29 is 9.53 Å². The molecule has 0 aliphatic carbocycles. The maximum atomic E-state index is 12.3. The van der Waals surface area contributed by atoms with Crippen molar-refractivity contribution in [2.45, 2.75) is 45.9 Å². The lowest BCUT2D eigenvalue weighted by atomic mass is 10.1. The molecule has 19 heavy (non-hydrogen) atoms. The van der Waals surface area contributed by atoms with Gasteiger partial charge in [-0.25, -0.2) is 0 Å². The first kappa shape index (κ1) is 14.1. The fourth-order valence-corrected chi connectivity index (χ4v) is 2.46. The Labute approximate surface area is 115 Å². The van der Waals surface area contributed by atoms with Gasteiger partial charge in [-0.1, -0.05) is 13.8 Å². The number of nitrogens with zero attached hydrogens (tertiary/aromatic N) is 2. The van der Waals surface area contributed by atoms with Crippen molar-refractivity contribution >= 4 is 5.91 Å². The Kier molecular flexibility index (Phi) is 4.64. The van der Waals surface area contributed by atoms with Crippen LogP contribution < -0.4 is 0 Å². The normalized spacial score (nSPS) is 19.4. The Hall–Kier alpha value is -1.29. The number of amides is 1. The highest BCUT2D eigenvalue weighted by Gasteiger charge is 2.24. The molecule has 2 rings (SSSR count). The number of rotatable bonds is 4. The van der Waals surface area contributed by atoms with Crippen LogP contribution in [-0.2, 0) is 22.6 Å². The molecule has 0 fully saturated rings. The van der Waals surface area contributed by atoms with Crippen LogP contribution in [0.3, 0.4) is 0 Å². The third-order valence-electron chi connectivity index (χ3n) is 3.72. The third-order valence-corrected chi connectivity index (χ3v) is 3.72. The lowest BCUT2D eigenvalue weighted by molar-refractivity contribution is -0.133. The number of ether oxygens (including phenoxy) is 1. The van der Waals surface area contributed by atoms with Gasteiger partial charge in [0, 0.05) is 32.0 Å². The molecule has 0 saturated heterocycles. The van der Waals surface area contributed by atoms with Crippen LogP contribution in [0.2, 0.25) is 0 Å². The SMILES string of the molecule is COC1CN(C(=O)CCC(C)C)Cc2cccn2C1. The molecule has 0 saturated carbocycles. The average Bonchev–Trinajstić information content (AvgIpc) is 2.73. The van der Waals surface area contributed by atoms with Crippen LogP contribution in [-0.4, -0.2) is 35.1 Å². The van der Waals surface area contributed by atoms with E-state index in [-0.39, 0.29) is 12.0 Å². The zero-order valence-electron chi connectivity index (χ0n) is 12.1. The summed E-state index contributed by atoms with van der Waals surface area (Å²) in [5.74, 6) is 0.809. The molecule has 0 N–H and O–H groups in total. The first-order valence-electron chi connectivity index (χ1n) is 7.04. The summed E-state index contributed by atoms with van der Waals surface area (Å²) < 4.78 is 7.67. The summed E-state index contributed by atoms with van der Waals surface area (Å²) in [6.07, 6.45) is 3.73. The van der Waals surface area contributed by atoms with Gasteiger partial charge in [-0.3, -0.25) is 4.79 Å². The van der Waals surface area contributed by atoms with Gasteiger partial charge in [0.05, 0.1) is 19.2 Å². The van der Waals surface area contributed by atoms with Gasteiger partial charge in [0.15, 0.2) is 0 Å². The summed E-state index contributed by atoms with van der Waals surface area (Å²) in [6, 6.07) is 4.12. The second-order valence-corrected chi connectivity index (χ2v) is 5.72. The largest absolute Gasteiger partial charge is 0.378 e. The van der Waals surface area contributed by atoms with E-state index in [0.717, 1.165) is 13.0 Å². The van der Waals surface area contributed by atoms with Gasteiger partial charge in [-0.05, 0) is 24.5 Å². The number of carbonyl (C=O) groups is 1. The molecule has 2 heterocycles. The number of fused-ring (bicyclic) bond motifs is 1. The summed E-state index contributed by atoms with van der Waals surface area (Å²) in [7, 11) is 1.72. The highest BCUT2D eigenvalue weighted by Crippen LogP contribution is 2.17. The molecular formula is C15H24N2O2. The van der Waals surface area contributed by atoms with Gasteiger partial charge in [0.1, 0.15) is 0 Å². The van der Waals surface area contributed by atoms with Crippen LogP contribution >= 0.6 is 0 Å². The van der Waals surface area contributed by atoms with Crippen molar-refractivity contribution in [1.29, 1.82) is 0 Å². The summed E-state index contributed by atoms with van der Waals surface area (Å²) >= 11 is 0. The van der Waals surface area contributed by atoms with Gasteiger partial charge >= 0.3 is 0 Å². The molecule has 1 amide bonds. The zero-order valence-corrected chi connectivity index (χ0v) is 12.1. The Morgan fingerprint density at radius 3 is 2.95 bits per heavy atom. The number of hydrogen-bond donors (Lipinski definition) is 0. The van der Waals surface area contributed by atoms with Crippen LogP contribution in [0.25, 0.3) is 0 Å². The quantitative estimate of drug-likeness (QED) is 0.836. The van der Waals surface area contributed by atoms with Crippen molar-refractivity contribution in [1.82, 2.24) is 9.47 Å². The van der Waals surface area contributed by atoms with Gasteiger partial charge in [0.25, 0.3) is 0 Å². The summed E-state index contributed by atoms with van der Waals surface area (Å²) in [6.45, 7) is 6.52. The topological polar surface area (TPSA) is 34.5 Å². The lowest BCUT2D eigenvalue weighted by Gasteiger charge is -2.23. The van der Waals surface area contributed by atoms with E-state index in [1.54, 1.807) is 7.11 Å². The smallest absolute Gasteiger partial charge is 0.223 e. The van der Waals surface area contributed by atoms with Crippen molar-refractivity contribution in [3.8, 4) is 0 Å². The molecule has 0 radical (unpaired) electrons. The molecule has 1 aromatic rings. The molecular weight excluding hydrogens is 240 g/mol. The van der Waals surface area contributed by atoms with Crippen molar-refractivity contribution in [3.05, 3.63) is 24.0 Å². The summed E-state index contributed by atoms with van der Waals surface area (Å²) in [5.41, 5.74) is 1.19. The molecule has 4 heteroatoms. The molecule has 0 aromatic carbocycles. The van der Waals surface area contributed by atoms with Crippen LogP contribution in [0.1, 0.15) is 32.4 Å². The highest BCUT2D eigenvalue weighted by molar-refractivity contribution is 5.76. The van der Waals surface area contributed by atoms with Crippen LogP contribution in [0, 0.1) is 5.92 Å². The molecule has 1 atom stereocenters. The van der Waals surface area contributed by atoms with Crippen LogP contribution in [0.4, 0.5) is 0 Å². The van der Waals surface area contributed by atoms with Gasteiger partial charge in [-0.2, -0.15) is 0 Å². The minimum atomic E-state index is 0.0802. The number of methoxy groups -OCH3 is 1. The van der Waals surface area contributed by atoms with Crippen molar-refractivity contribution in [3.63, 3.8) is 0 Å². The maximum Gasteiger partial charge on any atom is 0.223 e.